The number of nitrogens with zero attached hydrogens (tertiary/aromatic N) is 2. The van der Waals surface area contributed by atoms with Crippen molar-refractivity contribution in [2.45, 2.75) is 44.8 Å². The van der Waals surface area contributed by atoms with E-state index in [4.69, 9.17) is 0 Å². The van der Waals surface area contributed by atoms with Crippen LogP contribution in [0.5, 0.6) is 0 Å². The molecule has 2 aromatic carbocycles. The number of thioether (sulfide) groups is 1. The summed E-state index contributed by atoms with van der Waals surface area (Å²) in [5.41, 5.74) is 4.07. The third-order valence-corrected chi connectivity index (χ3v) is 6.70. The molecular formula is C25H27BrN4O2S. The predicted octanol–water partition coefficient (Wildman–Crippen LogP) is 5.34. The van der Waals surface area contributed by atoms with Gasteiger partial charge >= 0.3 is 0 Å². The number of rotatable bonds is 9. The maximum absolute atomic E-state index is 13.2. The molecule has 3 rings (SSSR count). The maximum atomic E-state index is 13.2. The molecule has 1 aromatic heterocycles. The van der Waals surface area contributed by atoms with Crippen LogP contribution < -0.4 is 10.6 Å². The van der Waals surface area contributed by atoms with E-state index in [2.05, 4.69) is 43.5 Å². The van der Waals surface area contributed by atoms with Crippen molar-refractivity contribution in [1.82, 2.24) is 15.3 Å². The van der Waals surface area contributed by atoms with Gasteiger partial charge in [0.05, 0.1) is 4.47 Å². The predicted molar refractivity (Wildman–Crippen MR) is 137 cm³/mol. The van der Waals surface area contributed by atoms with Crippen LogP contribution >= 0.6 is 27.7 Å². The lowest BCUT2D eigenvalue weighted by atomic mass is 10.0. The van der Waals surface area contributed by atoms with Gasteiger partial charge in [0, 0.05) is 24.1 Å². The Labute approximate surface area is 207 Å². The number of amides is 2. The van der Waals surface area contributed by atoms with E-state index >= 15 is 0 Å². The summed E-state index contributed by atoms with van der Waals surface area (Å²) in [6, 6.07) is 14.6. The summed E-state index contributed by atoms with van der Waals surface area (Å²) in [5.74, 6) is 0.137. The van der Waals surface area contributed by atoms with E-state index in [1.165, 1.54) is 11.8 Å². The number of hydrogen-bond acceptors (Lipinski definition) is 5. The molecule has 2 amide bonds. The molecule has 172 valence electrons. The first-order valence-electron chi connectivity index (χ1n) is 10.8. The lowest BCUT2D eigenvalue weighted by Gasteiger charge is -2.19. The number of carbonyl (C=O) groups excluding carboxylic acids is 2. The molecule has 33 heavy (non-hydrogen) atoms. The molecule has 1 heterocycles. The van der Waals surface area contributed by atoms with E-state index in [-0.39, 0.29) is 11.6 Å². The topological polar surface area (TPSA) is 84.0 Å². The maximum Gasteiger partial charge on any atom is 0.271 e. The number of halogens is 1. The minimum atomic E-state index is -0.782. The SMILES string of the molecule is CCCSc1ncc(Br)c(C(=O)N[C@@H](Cc2ccccc2)C(=O)Nc2ccc(C)c(C)c2)n1. The van der Waals surface area contributed by atoms with Gasteiger partial charge < -0.3 is 10.6 Å². The molecule has 0 unspecified atom stereocenters. The quantitative estimate of drug-likeness (QED) is 0.290. The molecule has 0 radical (unpaired) electrons. The fourth-order valence-electron chi connectivity index (χ4n) is 3.11. The number of aryl methyl sites for hydroxylation is 2. The second kappa shape index (κ2) is 12.0. The average molecular weight is 527 g/mol. The Bertz CT molecular complexity index is 1120. The highest BCUT2D eigenvalue weighted by molar-refractivity contribution is 9.10. The molecule has 1 atom stereocenters. The molecule has 0 aliphatic carbocycles. The van der Waals surface area contributed by atoms with Crippen molar-refractivity contribution in [3.05, 3.63) is 81.6 Å². The van der Waals surface area contributed by atoms with Gasteiger partial charge in [0.2, 0.25) is 5.91 Å². The van der Waals surface area contributed by atoms with Crippen LogP contribution in [-0.4, -0.2) is 33.6 Å². The summed E-state index contributed by atoms with van der Waals surface area (Å²) in [7, 11) is 0. The number of aromatic nitrogens is 2. The van der Waals surface area contributed by atoms with Gasteiger partial charge in [-0.2, -0.15) is 0 Å². The van der Waals surface area contributed by atoms with Crippen molar-refractivity contribution in [2.75, 3.05) is 11.1 Å². The molecular weight excluding hydrogens is 500 g/mol. The van der Waals surface area contributed by atoms with Crippen LogP contribution in [-0.2, 0) is 11.2 Å². The Kier molecular flexibility index (Phi) is 9.03. The van der Waals surface area contributed by atoms with Crippen molar-refractivity contribution in [3.8, 4) is 0 Å². The Morgan fingerprint density at radius 3 is 2.55 bits per heavy atom. The summed E-state index contributed by atoms with van der Waals surface area (Å²) in [4.78, 5) is 35.0. The fraction of sp³-hybridized carbons (Fsp3) is 0.280. The van der Waals surface area contributed by atoms with E-state index in [9.17, 15) is 9.59 Å². The van der Waals surface area contributed by atoms with Gasteiger partial charge in [-0.1, -0.05) is 55.1 Å². The normalized spacial score (nSPS) is 11.6. The third-order valence-electron chi connectivity index (χ3n) is 5.05. The van der Waals surface area contributed by atoms with Gasteiger partial charge in [-0.25, -0.2) is 9.97 Å². The van der Waals surface area contributed by atoms with Crippen LogP contribution in [0.3, 0.4) is 0 Å². The summed E-state index contributed by atoms with van der Waals surface area (Å²) >= 11 is 4.86. The molecule has 0 bridgehead atoms. The van der Waals surface area contributed by atoms with E-state index in [0.29, 0.717) is 21.7 Å². The molecule has 0 saturated carbocycles. The Morgan fingerprint density at radius 2 is 1.85 bits per heavy atom. The Balaban J connectivity index is 1.82. The standard InChI is InChI=1S/C25H27BrN4O2S/c1-4-12-33-25-27-15-20(26)22(30-25)24(32)29-21(14-18-8-6-5-7-9-18)23(31)28-19-11-10-16(2)17(3)13-19/h5-11,13,15,21H,4,12,14H2,1-3H3,(H,28,31)(H,29,32)/t21-/m0/s1. The van der Waals surface area contributed by atoms with Crippen LogP contribution in [0.1, 0.15) is 40.5 Å². The van der Waals surface area contributed by atoms with E-state index in [0.717, 1.165) is 28.9 Å². The molecule has 3 aromatic rings. The number of benzene rings is 2. The molecule has 0 fully saturated rings. The first-order valence-corrected chi connectivity index (χ1v) is 12.5. The zero-order chi connectivity index (χ0) is 23.8. The summed E-state index contributed by atoms with van der Waals surface area (Å²) in [6.45, 7) is 6.09. The third kappa shape index (κ3) is 7.14. The van der Waals surface area contributed by atoms with Crippen LogP contribution in [0.2, 0.25) is 0 Å². The zero-order valence-corrected chi connectivity index (χ0v) is 21.3. The molecule has 8 heteroatoms. The minimum absolute atomic E-state index is 0.209. The van der Waals surface area contributed by atoms with E-state index in [1.807, 2.05) is 62.4 Å². The van der Waals surface area contributed by atoms with Gasteiger partial charge in [0.25, 0.3) is 5.91 Å². The molecule has 0 spiro atoms. The van der Waals surface area contributed by atoms with Crippen molar-refractivity contribution in [1.29, 1.82) is 0 Å². The number of anilines is 1. The summed E-state index contributed by atoms with van der Waals surface area (Å²) < 4.78 is 0.480. The number of hydrogen-bond donors (Lipinski definition) is 2. The molecule has 0 aliphatic heterocycles. The summed E-state index contributed by atoms with van der Waals surface area (Å²) in [6.07, 6.45) is 2.90. The first-order chi connectivity index (χ1) is 15.9. The van der Waals surface area contributed by atoms with Crippen LogP contribution in [0, 0.1) is 13.8 Å². The Hall–Kier alpha value is -2.71. The minimum Gasteiger partial charge on any atom is -0.339 e. The molecule has 6 nitrogen and oxygen atoms in total. The highest BCUT2D eigenvalue weighted by atomic mass is 79.9. The van der Waals surface area contributed by atoms with Crippen molar-refractivity contribution >= 4 is 45.2 Å². The lowest BCUT2D eigenvalue weighted by molar-refractivity contribution is -0.118. The second-order valence-electron chi connectivity index (χ2n) is 7.70. The van der Waals surface area contributed by atoms with Crippen LogP contribution in [0.4, 0.5) is 5.69 Å². The monoisotopic (exact) mass is 526 g/mol. The number of carbonyl (C=O) groups is 2. The molecule has 0 aliphatic rings. The second-order valence-corrected chi connectivity index (χ2v) is 9.62. The number of nitrogens with one attached hydrogen (secondary N) is 2. The van der Waals surface area contributed by atoms with Gasteiger partial charge in [0.15, 0.2) is 5.16 Å². The van der Waals surface area contributed by atoms with Crippen molar-refractivity contribution in [2.24, 2.45) is 0 Å². The Morgan fingerprint density at radius 1 is 1.09 bits per heavy atom. The molecule has 0 saturated heterocycles. The van der Waals surface area contributed by atoms with Gasteiger partial charge in [-0.15, -0.1) is 0 Å². The van der Waals surface area contributed by atoms with E-state index < -0.39 is 11.9 Å². The highest BCUT2D eigenvalue weighted by Crippen LogP contribution is 2.20. The van der Waals surface area contributed by atoms with E-state index in [1.54, 1.807) is 6.20 Å². The van der Waals surface area contributed by atoms with Gasteiger partial charge in [-0.05, 0) is 65.0 Å². The highest BCUT2D eigenvalue weighted by Gasteiger charge is 2.24. The average Bonchev–Trinajstić information content (AvgIpc) is 2.81. The van der Waals surface area contributed by atoms with Crippen LogP contribution in [0.15, 0.2) is 64.4 Å². The van der Waals surface area contributed by atoms with Crippen molar-refractivity contribution < 1.29 is 9.59 Å². The fourth-order valence-corrected chi connectivity index (χ4v) is 4.15. The smallest absolute Gasteiger partial charge is 0.271 e. The van der Waals surface area contributed by atoms with Gasteiger partial charge in [0.1, 0.15) is 11.7 Å². The summed E-state index contributed by atoms with van der Waals surface area (Å²) in [5, 5.41) is 6.34. The lowest BCUT2D eigenvalue weighted by Crippen LogP contribution is -2.45. The molecule has 2 N–H and O–H groups in total. The van der Waals surface area contributed by atoms with Crippen LogP contribution in [0.25, 0.3) is 0 Å². The zero-order valence-electron chi connectivity index (χ0n) is 18.9. The first kappa shape index (κ1) is 24.9. The largest absolute Gasteiger partial charge is 0.339 e. The van der Waals surface area contributed by atoms with Crippen molar-refractivity contribution in [3.63, 3.8) is 0 Å². The van der Waals surface area contributed by atoms with Gasteiger partial charge in [-0.3, -0.25) is 9.59 Å².